The van der Waals surface area contributed by atoms with Gasteiger partial charge < -0.3 is 20.7 Å². The zero-order valence-electron chi connectivity index (χ0n) is 12.0. The first-order valence-electron chi connectivity index (χ1n) is 7.02. The molecule has 0 spiro atoms. The molecule has 2 aromatic rings. The van der Waals surface area contributed by atoms with Crippen molar-refractivity contribution >= 4 is 23.2 Å². The summed E-state index contributed by atoms with van der Waals surface area (Å²) in [7, 11) is 0. The summed E-state index contributed by atoms with van der Waals surface area (Å²) in [5.41, 5.74) is 5.81. The number of nitro groups is 1. The number of anilines is 1. The van der Waals surface area contributed by atoms with Crippen LogP contribution in [-0.2, 0) is 4.79 Å². The normalized spacial score (nSPS) is 22.0. The molecule has 2 atom stereocenters. The van der Waals surface area contributed by atoms with Crippen LogP contribution in [0.2, 0.25) is 0 Å². The van der Waals surface area contributed by atoms with Gasteiger partial charge in [-0.3, -0.25) is 4.79 Å². The minimum atomic E-state index is -0.525. The van der Waals surface area contributed by atoms with Crippen molar-refractivity contribution in [2.75, 3.05) is 11.4 Å². The Morgan fingerprint density at radius 2 is 2.23 bits per heavy atom. The fraction of sp³-hybridized carbons (Fsp3) is 0.462. The van der Waals surface area contributed by atoms with Gasteiger partial charge in [-0.2, -0.15) is 0 Å². The predicted molar refractivity (Wildman–Crippen MR) is 78.4 cm³/mol. The van der Waals surface area contributed by atoms with E-state index in [1.807, 2.05) is 11.8 Å². The molecule has 3 heterocycles. The van der Waals surface area contributed by atoms with E-state index in [1.165, 1.54) is 10.7 Å². The van der Waals surface area contributed by atoms with Crippen LogP contribution in [0.4, 0.5) is 11.6 Å². The largest absolute Gasteiger partial charge is 0.369 e. The van der Waals surface area contributed by atoms with Crippen LogP contribution in [0.3, 0.4) is 0 Å². The van der Waals surface area contributed by atoms with Crippen LogP contribution < -0.4 is 10.6 Å². The molecule has 0 bridgehead atoms. The zero-order valence-corrected chi connectivity index (χ0v) is 12.0. The average molecular weight is 304 g/mol. The van der Waals surface area contributed by atoms with Crippen molar-refractivity contribution in [2.24, 2.45) is 11.7 Å². The third-order valence-corrected chi connectivity index (χ3v) is 4.10. The smallest absolute Gasteiger partial charge is 0.368 e. The topological polar surface area (TPSA) is 120 Å². The predicted octanol–water partition coefficient (Wildman–Crippen LogP) is 0.728. The monoisotopic (exact) mass is 304 g/mol. The second-order valence-electron chi connectivity index (χ2n) is 5.51. The molecule has 0 aromatic carbocycles. The SMILES string of the molecule is C[C@@H]1CC[C@@H](C(N)=O)CN1c1ccc2ncc([N+](=O)[O-])n2n1. The molecule has 2 aromatic heterocycles. The Kier molecular flexibility index (Phi) is 3.39. The first kappa shape index (κ1) is 14.2. The number of hydrogen-bond donors (Lipinski definition) is 1. The Morgan fingerprint density at radius 1 is 1.45 bits per heavy atom. The van der Waals surface area contributed by atoms with E-state index in [0.717, 1.165) is 12.8 Å². The molecule has 1 saturated heterocycles. The van der Waals surface area contributed by atoms with E-state index in [-0.39, 0.29) is 23.7 Å². The number of imidazole rings is 1. The number of carbonyl (C=O) groups is 1. The minimum Gasteiger partial charge on any atom is -0.369 e. The molecule has 9 nitrogen and oxygen atoms in total. The lowest BCUT2D eigenvalue weighted by Gasteiger charge is -2.37. The minimum absolute atomic E-state index is 0.183. The van der Waals surface area contributed by atoms with E-state index in [1.54, 1.807) is 12.1 Å². The maximum Gasteiger partial charge on any atom is 0.368 e. The maximum atomic E-state index is 11.4. The first-order chi connectivity index (χ1) is 10.5. The van der Waals surface area contributed by atoms with Gasteiger partial charge in [0.15, 0.2) is 5.82 Å². The van der Waals surface area contributed by atoms with Crippen molar-refractivity contribution < 1.29 is 9.72 Å². The van der Waals surface area contributed by atoms with Crippen molar-refractivity contribution in [3.05, 3.63) is 28.4 Å². The number of aromatic nitrogens is 3. The van der Waals surface area contributed by atoms with Crippen LogP contribution >= 0.6 is 0 Å². The lowest BCUT2D eigenvalue weighted by Crippen LogP contribution is -2.46. The van der Waals surface area contributed by atoms with Crippen molar-refractivity contribution in [3.63, 3.8) is 0 Å². The number of piperidine rings is 1. The van der Waals surface area contributed by atoms with Gasteiger partial charge in [0.25, 0.3) is 0 Å². The molecule has 2 N–H and O–H groups in total. The number of fused-ring (bicyclic) bond motifs is 1. The molecular weight excluding hydrogens is 288 g/mol. The van der Waals surface area contributed by atoms with E-state index in [2.05, 4.69) is 10.1 Å². The molecule has 3 rings (SSSR count). The van der Waals surface area contributed by atoms with E-state index in [9.17, 15) is 14.9 Å². The fourth-order valence-corrected chi connectivity index (χ4v) is 2.79. The lowest BCUT2D eigenvalue weighted by atomic mass is 9.93. The third kappa shape index (κ3) is 2.34. The van der Waals surface area contributed by atoms with Gasteiger partial charge in [0, 0.05) is 18.7 Å². The zero-order chi connectivity index (χ0) is 15.9. The van der Waals surface area contributed by atoms with E-state index in [4.69, 9.17) is 5.73 Å². The molecular formula is C13H16N6O3. The highest BCUT2D eigenvalue weighted by molar-refractivity contribution is 5.77. The third-order valence-electron chi connectivity index (χ3n) is 4.10. The Morgan fingerprint density at radius 3 is 2.91 bits per heavy atom. The number of rotatable bonds is 3. The molecule has 1 amide bonds. The summed E-state index contributed by atoms with van der Waals surface area (Å²) in [5.74, 6) is -0.168. The van der Waals surface area contributed by atoms with Gasteiger partial charge in [-0.25, -0.2) is 4.98 Å². The van der Waals surface area contributed by atoms with Crippen molar-refractivity contribution in [1.82, 2.24) is 14.6 Å². The van der Waals surface area contributed by atoms with Gasteiger partial charge >= 0.3 is 5.82 Å². The van der Waals surface area contributed by atoms with Gasteiger partial charge in [0.1, 0.15) is 6.20 Å². The van der Waals surface area contributed by atoms with Crippen molar-refractivity contribution in [1.29, 1.82) is 0 Å². The van der Waals surface area contributed by atoms with Gasteiger partial charge in [0.05, 0.1) is 5.92 Å². The van der Waals surface area contributed by atoms with Gasteiger partial charge in [-0.1, -0.05) is 9.61 Å². The summed E-state index contributed by atoms with van der Waals surface area (Å²) in [6.45, 7) is 2.50. The summed E-state index contributed by atoms with van der Waals surface area (Å²) in [6, 6.07) is 3.62. The molecule has 0 radical (unpaired) electrons. The van der Waals surface area contributed by atoms with Crippen LogP contribution in [0, 0.1) is 16.0 Å². The number of carbonyl (C=O) groups excluding carboxylic acids is 1. The number of hydrogen-bond acceptors (Lipinski definition) is 6. The Balaban J connectivity index is 1.99. The molecule has 1 fully saturated rings. The number of primary amides is 1. The van der Waals surface area contributed by atoms with E-state index >= 15 is 0 Å². The van der Waals surface area contributed by atoms with E-state index < -0.39 is 4.92 Å². The van der Waals surface area contributed by atoms with Crippen molar-refractivity contribution in [3.8, 4) is 0 Å². The lowest BCUT2D eigenvalue weighted by molar-refractivity contribution is -0.391. The molecule has 9 heteroatoms. The Bertz CT molecular complexity index is 742. The highest BCUT2D eigenvalue weighted by Crippen LogP contribution is 2.27. The highest BCUT2D eigenvalue weighted by Gasteiger charge is 2.30. The molecule has 1 aliphatic heterocycles. The number of nitrogens with two attached hydrogens (primary N) is 1. The summed E-state index contributed by atoms with van der Waals surface area (Å²) in [6.07, 6.45) is 2.75. The fourth-order valence-electron chi connectivity index (χ4n) is 2.79. The quantitative estimate of drug-likeness (QED) is 0.659. The standard InChI is InChI=1S/C13H16N6O3/c1-8-2-3-9(13(14)20)7-17(8)11-5-4-10-15-6-12(19(21)22)18(10)16-11/h4-6,8-9H,2-3,7H2,1H3,(H2,14,20)/t8-,9-/m1/s1. The summed E-state index contributed by atoms with van der Waals surface area (Å²) >= 11 is 0. The van der Waals surface area contributed by atoms with Crippen molar-refractivity contribution in [2.45, 2.75) is 25.8 Å². The maximum absolute atomic E-state index is 11.4. The van der Waals surface area contributed by atoms with Crippen LogP contribution in [0.5, 0.6) is 0 Å². The second-order valence-corrected chi connectivity index (χ2v) is 5.51. The van der Waals surface area contributed by atoms with E-state index in [0.29, 0.717) is 18.0 Å². The molecule has 22 heavy (non-hydrogen) atoms. The number of amides is 1. The van der Waals surface area contributed by atoms with Gasteiger partial charge in [0.2, 0.25) is 11.6 Å². The second kappa shape index (κ2) is 5.24. The first-order valence-corrected chi connectivity index (χ1v) is 7.02. The molecule has 0 unspecified atom stereocenters. The molecule has 0 saturated carbocycles. The average Bonchev–Trinajstić information content (AvgIpc) is 2.90. The highest BCUT2D eigenvalue weighted by atomic mass is 16.6. The van der Waals surface area contributed by atoms with Crippen LogP contribution in [0.25, 0.3) is 5.65 Å². The van der Waals surface area contributed by atoms with Gasteiger partial charge in [-0.05, 0) is 30.8 Å². The summed E-state index contributed by atoms with van der Waals surface area (Å²) in [4.78, 5) is 27.8. The van der Waals surface area contributed by atoms with Gasteiger partial charge in [-0.15, -0.1) is 0 Å². The Hall–Kier alpha value is -2.71. The van der Waals surface area contributed by atoms with Crippen LogP contribution in [-0.4, -0.2) is 38.0 Å². The molecule has 0 aliphatic carbocycles. The van der Waals surface area contributed by atoms with Crippen LogP contribution in [0.1, 0.15) is 19.8 Å². The van der Waals surface area contributed by atoms with Crippen LogP contribution in [0.15, 0.2) is 18.3 Å². The summed E-state index contributed by atoms with van der Waals surface area (Å²) < 4.78 is 1.20. The summed E-state index contributed by atoms with van der Waals surface area (Å²) in [5, 5.41) is 15.3. The Labute approximate surface area is 125 Å². The molecule has 1 aliphatic rings. The molecule has 116 valence electrons. The number of nitrogens with zero attached hydrogens (tertiary/aromatic N) is 5.